The van der Waals surface area contributed by atoms with Crippen molar-refractivity contribution < 1.29 is 9.21 Å². The Morgan fingerprint density at radius 1 is 1.60 bits per heavy atom. The van der Waals surface area contributed by atoms with Gasteiger partial charge in [0.25, 0.3) is 6.01 Å². The first kappa shape index (κ1) is 10.0. The monoisotopic (exact) mass is 209 g/mol. The van der Waals surface area contributed by atoms with Gasteiger partial charge in [0.05, 0.1) is 12.2 Å². The number of aromatic nitrogens is 1. The molecule has 0 radical (unpaired) electrons. The second kappa shape index (κ2) is 3.56. The summed E-state index contributed by atoms with van der Waals surface area (Å²) < 4.78 is 5.24. The number of hydrogen-bond acceptors (Lipinski definition) is 4. The fourth-order valence-corrected chi connectivity index (χ4v) is 1.77. The summed E-state index contributed by atoms with van der Waals surface area (Å²) in [5.74, 6) is 0.898. The van der Waals surface area contributed by atoms with Crippen molar-refractivity contribution in [3.05, 3.63) is 11.5 Å². The number of amides is 1. The third-order valence-corrected chi connectivity index (χ3v) is 2.55. The van der Waals surface area contributed by atoms with E-state index in [4.69, 9.17) is 10.2 Å². The Hall–Kier alpha value is -1.52. The number of fused-ring (bicyclic) bond motifs is 1. The average Bonchev–Trinajstić information content (AvgIpc) is 2.55. The molecule has 2 heterocycles. The van der Waals surface area contributed by atoms with Crippen LogP contribution in [0.1, 0.15) is 25.3 Å². The van der Waals surface area contributed by atoms with Crippen LogP contribution in [0.2, 0.25) is 0 Å². The summed E-state index contributed by atoms with van der Waals surface area (Å²) >= 11 is 0. The predicted octanol–water partition coefficient (Wildman–Crippen LogP) is 0.798. The Kier molecular flexibility index (Phi) is 2.38. The molecule has 0 saturated heterocycles. The molecular weight excluding hydrogens is 194 g/mol. The van der Waals surface area contributed by atoms with E-state index in [0.29, 0.717) is 13.1 Å². The summed E-state index contributed by atoms with van der Waals surface area (Å²) in [5, 5.41) is 0. The molecule has 82 valence electrons. The van der Waals surface area contributed by atoms with Crippen molar-refractivity contribution in [3.63, 3.8) is 0 Å². The third-order valence-electron chi connectivity index (χ3n) is 2.55. The van der Waals surface area contributed by atoms with Crippen LogP contribution < -0.4 is 5.73 Å². The summed E-state index contributed by atoms with van der Waals surface area (Å²) in [6.45, 7) is 4.99. The van der Waals surface area contributed by atoms with Gasteiger partial charge in [-0.2, -0.15) is 4.98 Å². The van der Waals surface area contributed by atoms with Crippen molar-refractivity contribution in [3.8, 4) is 0 Å². The van der Waals surface area contributed by atoms with E-state index in [1.54, 1.807) is 4.90 Å². The fourth-order valence-electron chi connectivity index (χ4n) is 1.77. The highest BCUT2D eigenvalue weighted by atomic mass is 16.4. The van der Waals surface area contributed by atoms with Crippen LogP contribution in [-0.2, 0) is 17.8 Å². The zero-order valence-electron chi connectivity index (χ0n) is 8.99. The van der Waals surface area contributed by atoms with Crippen LogP contribution >= 0.6 is 0 Å². The first-order chi connectivity index (χ1) is 7.08. The molecule has 15 heavy (non-hydrogen) atoms. The van der Waals surface area contributed by atoms with Crippen molar-refractivity contribution in [2.24, 2.45) is 5.92 Å². The van der Waals surface area contributed by atoms with E-state index in [1.807, 2.05) is 13.8 Å². The highest BCUT2D eigenvalue weighted by Gasteiger charge is 2.26. The number of carbonyl (C=O) groups is 1. The third kappa shape index (κ3) is 1.82. The highest BCUT2D eigenvalue weighted by Crippen LogP contribution is 2.21. The highest BCUT2D eigenvalue weighted by molar-refractivity contribution is 5.78. The maximum atomic E-state index is 11.7. The van der Waals surface area contributed by atoms with Crippen LogP contribution in [0.15, 0.2) is 4.42 Å². The number of anilines is 1. The number of rotatable bonds is 1. The Balaban J connectivity index is 2.15. The van der Waals surface area contributed by atoms with Gasteiger partial charge in [0, 0.05) is 18.9 Å². The lowest BCUT2D eigenvalue weighted by Crippen LogP contribution is -2.38. The average molecular weight is 209 g/mol. The van der Waals surface area contributed by atoms with Gasteiger partial charge in [-0.05, 0) is 0 Å². The topological polar surface area (TPSA) is 72.4 Å². The molecule has 0 aromatic carbocycles. The summed E-state index contributed by atoms with van der Waals surface area (Å²) in [4.78, 5) is 17.6. The summed E-state index contributed by atoms with van der Waals surface area (Å²) in [7, 11) is 0. The van der Waals surface area contributed by atoms with Gasteiger partial charge in [0.15, 0.2) is 0 Å². The minimum Gasteiger partial charge on any atom is -0.427 e. The van der Waals surface area contributed by atoms with Crippen LogP contribution in [0.25, 0.3) is 0 Å². The maximum Gasteiger partial charge on any atom is 0.292 e. The van der Waals surface area contributed by atoms with Gasteiger partial charge < -0.3 is 15.1 Å². The lowest BCUT2D eigenvalue weighted by molar-refractivity contribution is -0.135. The Bertz CT molecular complexity index is 384. The predicted molar refractivity (Wildman–Crippen MR) is 54.9 cm³/mol. The number of nitrogen functional groups attached to an aromatic ring is 1. The summed E-state index contributed by atoms with van der Waals surface area (Å²) in [6.07, 6.45) is 0.731. The quantitative estimate of drug-likeness (QED) is 0.742. The molecule has 0 bridgehead atoms. The van der Waals surface area contributed by atoms with E-state index in [9.17, 15) is 4.79 Å². The molecule has 1 amide bonds. The second-order valence-corrected chi connectivity index (χ2v) is 4.09. The van der Waals surface area contributed by atoms with E-state index in [1.165, 1.54) is 0 Å². The number of carbonyl (C=O) groups excluding carboxylic acids is 1. The van der Waals surface area contributed by atoms with Gasteiger partial charge in [0.2, 0.25) is 5.91 Å². The van der Waals surface area contributed by atoms with Crippen LogP contribution in [0.5, 0.6) is 0 Å². The van der Waals surface area contributed by atoms with Crippen LogP contribution in [0, 0.1) is 5.92 Å². The number of nitrogens with two attached hydrogens (primary N) is 1. The van der Waals surface area contributed by atoms with Crippen LogP contribution in [0.3, 0.4) is 0 Å². The Morgan fingerprint density at radius 3 is 3.00 bits per heavy atom. The molecule has 1 aliphatic rings. The SMILES string of the molecule is CC(C)C(=O)N1CCc2nc(N)oc2C1. The van der Waals surface area contributed by atoms with E-state index in [-0.39, 0.29) is 17.8 Å². The van der Waals surface area contributed by atoms with Crippen molar-refractivity contribution in [2.75, 3.05) is 12.3 Å². The van der Waals surface area contributed by atoms with E-state index in [0.717, 1.165) is 17.9 Å². The first-order valence-corrected chi connectivity index (χ1v) is 5.10. The fraction of sp³-hybridized carbons (Fsp3) is 0.600. The number of nitrogens with zero attached hydrogens (tertiary/aromatic N) is 2. The minimum atomic E-state index is 0.0202. The van der Waals surface area contributed by atoms with Gasteiger partial charge >= 0.3 is 0 Å². The number of hydrogen-bond donors (Lipinski definition) is 1. The van der Waals surface area contributed by atoms with E-state index in [2.05, 4.69) is 4.98 Å². The Labute approximate surface area is 88.3 Å². The lowest BCUT2D eigenvalue weighted by atomic mass is 10.1. The summed E-state index contributed by atoms with van der Waals surface area (Å²) in [5.41, 5.74) is 6.35. The molecule has 0 aliphatic carbocycles. The minimum absolute atomic E-state index is 0.0202. The first-order valence-electron chi connectivity index (χ1n) is 5.10. The molecule has 0 atom stereocenters. The van der Waals surface area contributed by atoms with Gasteiger partial charge in [-0.3, -0.25) is 4.79 Å². The molecule has 0 unspecified atom stereocenters. The van der Waals surface area contributed by atoms with Gasteiger partial charge in [-0.1, -0.05) is 13.8 Å². The molecule has 5 nitrogen and oxygen atoms in total. The molecule has 5 heteroatoms. The molecule has 1 aliphatic heterocycles. The second-order valence-electron chi connectivity index (χ2n) is 4.09. The van der Waals surface area contributed by atoms with E-state index < -0.39 is 0 Å². The normalized spacial score (nSPS) is 15.5. The summed E-state index contributed by atoms with van der Waals surface area (Å²) in [6, 6.07) is 0.193. The standard InChI is InChI=1S/C10H15N3O2/c1-6(2)9(14)13-4-3-7-8(5-13)15-10(11)12-7/h6H,3-5H2,1-2H3,(H2,11,12). The van der Waals surface area contributed by atoms with Gasteiger partial charge in [0.1, 0.15) is 5.76 Å². The van der Waals surface area contributed by atoms with Gasteiger partial charge in [-0.15, -0.1) is 0 Å². The maximum absolute atomic E-state index is 11.7. The van der Waals surface area contributed by atoms with Crippen LogP contribution in [-0.4, -0.2) is 22.3 Å². The molecule has 2 N–H and O–H groups in total. The molecule has 2 rings (SSSR count). The smallest absolute Gasteiger partial charge is 0.292 e. The van der Waals surface area contributed by atoms with Crippen LogP contribution in [0.4, 0.5) is 6.01 Å². The van der Waals surface area contributed by atoms with Gasteiger partial charge in [-0.25, -0.2) is 0 Å². The van der Waals surface area contributed by atoms with Crippen molar-refractivity contribution in [1.29, 1.82) is 0 Å². The zero-order valence-corrected chi connectivity index (χ0v) is 8.99. The molecule has 1 aromatic heterocycles. The molecule has 0 saturated carbocycles. The van der Waals surface area contributed by atoms with Crippen molar-refractivity contribution in [1.82, 2.24) is 9.88 Å². The molecule has 0 spiro atoms. The van der Waals surface area contributed by atoms with Crippen molar-refractivity contribution in [2.45, 2.75) is 26.8 Å². The van der Waals surface area contributed by atoms with Crippen molar-refractivity contribution >= 4 is 11.9 Å². The molecule has 1 aromatic rings. The zero-order chi connectivity index (χ0) is 11.0. The molecule has 0 fully saturated rings. The largest absolute Gasteiger partial charge is 0.427 e. The lowest BCUT2D eigenvalue weighted by Gasteiger charge is -2.26. The molecular formula is C10H15N3O2. The van der Waals surface area contributed by atoms with E-state index >= 15 is 0 Å². The number of oxazole rings is 1. The Morgan fingerprint density at radius 2 is 2.33 bits per heavy atom.